The van der Waals surface area contributed by atoms with E-state index in [1.807, 2.05) is 0 Å². The number of anilines is 1. The van der Waals surface area contributed by atoms with Crippen LogP contribution in [0.1, 0.15) is 39.6 Å². The molecule has 1 saturated heterocycles. The molecule has 9 nitrogen and oxygen atoms in total. The van der Waals surface area contributed by atoms with Gasteiger partial charge in [-0.2, -0.15) is 0 Å². The van der Waals surface area contributed by atoms with Gasteiger partial charge in [-0.1, -0.05) is 36.8 Å². The van der Waals surface area contributed by atoms with Crippen LogP contribution in [0, 0.1) is 12.8 Å². The second-order valence-electron chi connectivity index (χ2n) is 7.66. The minimum absolute atomic E-state index is 0.207. The first-order valence-corrected chi connectivity index (χ1v) is 11.4. The molecule has 2 heterocycles. The zero-order chi connectivity index (χ0) is 23.3. The standard InChI is InChI=1S/C21H26ClN5O4S/c1-12(2)16(24-18(28)14-4-6-15(22)7-5-14)19(29)25-26-20(30)17-13(3)23-21(32-17)27-8-10-31-11-9-27/h4-7,12,16H,8-11H2,1-3H3,(H,24,28)(H,25,29)(H,26,30)/t16-/m0/s1. The van der Waals surface area contributed by atoms with Crippen LogP contribution in [0.25, 0.3) is 0 Å². The maximum Gasteiger partial charge on any atom is 0.281 e. The van der Waals surface area contributed by atoms with E-state index in [4.69, 9.17) is 16.3 Å². The monoisotopic (exact) mass is 479 g/mol. The Balaban J connectivity index is 1.60. The molecule has 32 heavy (non-hydrogen) atoms. The number of nitrogens with zero attached hydrogens (tertiary/aromatic N) is 2. The lowest BCUT2D eigenvalue weighted by Gasteiger charge is -2.26. The van der Waals surface area contributed by atoms with Crippen LogP contribution in [0.3, 0.4) is 0 Å². The molecule has 1 aliphatic rings. The number of ether oxygens (including phenoxy) is 1. The van der Waals surface area contributed by atoms with Crippen molar-refractivity contribution in [3.05, 3.63) is 45.4 Å². The summed E-state index contributed by atoms with van der Waals surface area (Å²) in [5.41, 5.74) is 5.81. The number of nitrogens with one attached hydrogen (secondary N) is 3. The Morgan fingerprint density at radius 3 is 2.38 bits per heavy atom. The third-order valence-corrected chi connectivity index (χ3v) is 6.38. The highest BCUT2D eigenvalue weighted by atomic mass is 35.5. The highest BCUT2D eigenvalue weighted by Gasteiger charge is 2.26. The Hall–Kier alpha value is -2.69. The smallest absolute Gasteiger partial charge is 0.281 e. The molecule has 1 aliphatic heterocycles. The van der Waals surface area contributed by atoms with Crippen molar-refractivity contribution in [2.75, 3.05) is 31.2 Å². The number of aromatic nitrogens is 1. The van der Waals surface area contributed by atoms with Gasteiger partial charge < -0.3 is 15.0 Å². The number of hydrazine groups is 1. The van der Waals surface area contributed by atoms with Crippen molar-refractivity contribution >= 4 is 45.8 Å². The zero-order valence-corrected chi connectivity index (χ0v) is 19.7. The molecule has 3 amide bonds. The van der Waals surface area contributed by atoms with Crippen molar-refractivity contribution in [2.24, 2.45) is 5.92 Å². The average Bonchev–Trinajstić information content (AvgIpc) is 3.18. The second kappa shape index (κ2) is 10.8. The molecule has 3 N–H and O–H groups in total. The summed E-state index contributed by atoms with van der Waals surface area (Å²) >= 11 is 7.12. The molecule has 1 aromatic carbocycles. The summed E-state index contributed by atoms with van der Waals surface area (Å²) in [6.07, 6.45) is 0. The van der Waals surface area contributed by atoms with E-state index < -0.39 is 23.8 Å². The minimum Gasteiger partial charge on any atom is -0.378 e. The molecular weight excluding hydrogens is 454 g/mol. The normalized spacial score (nSPS) is 14.7. The highest BCUT2D eigenvalue weighted by molar-refractivity contribution is 7.17. The van der Waals surface area contributed by atoms with E-state index in [0.29, 0.717) is 47.5 Å². The van der Waals surface area contributed by atoms with Gasteiger partial charge in [-0.25, -0.2) is 4.98 Å². The van der Waals surface area contributed by atoms with Crippen LogP contribution in [-0.2, 0) is 9.53 Å². The quantitative estimate of drug-likeness (QED) is 0.547. The third-order valence-electron chi connectivity index (χ3n) is 4.91. The summed E-state index contributed by atoms with van der Waals surface area (Å²) in [5.74, 6) is -1.60. The number of thiazole rings is 1. The molecule has 0 spiro atoms. The molecule has 1 fully saturated rings. The van der Waals surface area contributed by atoms with Gasteiger partial charge in [0.25, 0.3) is 17.7 Å². The SMILES string of the molecule is Cc1nc(N2CCOCC2)sc1C(=O)NNC(=O)[C@@H](NC(=O)c1ccc(Cl)cc1)C(C)C. The Labute approximate surface area is 195 Å². The van der Waals surface area contributed by atoms with Crippen molar-refractivity contribution in [1.29, 1.82) is 0 Å². The van der Waals surface area contributed by atoms with Crippen molar-refractivity contribution in [2.45, 2.75) is 26.8 Å². The first-order valence-electron chi connectivity index (χ1n) is 10.2. The molecule has 0 unspecified atom stereocenters. The molecule has 0 aliphatic carbocycles. The minimum atomic E-state index is -0.843. The molecule has 1 atom stereocenters. The van der Waals surface area contributed by atoms with Gasteiger partial charge in [0.1, 0.15) is 10.9 Å². The van der Waals surface area contributed by atoms with Gasteiger partial charge in [-0.15, -0.1) is 0 Å². The van der Waals surface area contributed by atoms with Crippen molar-refractivity contribution < 1.29 is 19.1 Å². The Morgan fingerprint density at radius 2 is 1.75 bits per heavy atom. The molecule has 1 aromatic heterocycles. The van der Waals surface area contributed by atoms with E-state index in [1.165, 1.54) is 11.3 Å². The van der Waals surface area contributed by atoms with Crippen molar-refractivity contribution in [1.82, 2.24) is 21.2 Å². The number of carbonyl (C=O) groups excluding carboxylic acids is 3. The number of amides is 3. The number of benzene rings is 1. The van der Waals surface area contributed by atoms with Gasteiger partial charge in [0.2, 0.25) is 0 Å². The lowest BCUT2D eigenvalue weighted by molar-refractivity contribution is -0.124. The Kier molecular flexibility index (Phi) is 8.05. The van der Waals surface area contributed by atoms with E-state index in [0.717, 1.165) is 5.13 Å². The van der Waals surface area contributed by atoms with Crippen LogP contribution in [0.5, 0.6) is 0 Å². The number of rotatable bonds is 6. The number of hydrogen-bond acceptors (Lipinski definition) is 7. The van der Waals surface area contributed by atoms with E-state index >= 15 is 0 Å². The molecule has 0 saturated carbocycles. The fourth-order valence-electron chi connectivity index (χ4n) is 3.10. The highest BCUT2D eigenvalue weighted by Crippen LogP contribution is 2.26. The second-order valence-corrected chi connectivity index (χ2v) is 9.07. The van der Waals surface area contributed by atoms with Crippen LogP contribution in [0.15, 0.2) is 24.3 Å². The van der Waals surface area contributed by atoms with Crippen molar-refractivity contribution in [3.63, 3.8) is 0 Å². The first kappa shape index (κ1) is 24.0. The summed E-state index contributed by atoms with van der Waals surface area (Å²) in [7, 11) is 0. The van der Waals surface area contributed by atoms with Gasteiger partial charge in [-0.3, -0.25) is 25.2 Å². The summed E-state index contributed by atoms with van der Waals surface area (Å²) in [6, 6.07) is 5.51. The maximum absolute atomic E-state index is 12.7. The van der Waals surface area contributed by atoms with Crippen LogP contribution in [-0.4, -0.2) is 55.1 Å². The molecule has 2 aromatic rings. The number of carbonyl (C=O) groups is 3. The first-order chi connectivity index (χ1) is 15.3. The van der Waals surface area contributed by atoms with E-state index in [9.17, 15) is 14.4 Å². The van der Waals surface area contributed by atoms with Gasteiger partial charge >= 0.3 is 0 Å². The lowest BCUT2D eigenvalue weighted by Crippen LogP contribution is -2.54. The Bertz CT molecular complexity index is 973. The fourth-order valence-corrected chi connectivity index (χ4v) is 4.24. The molecule has 11 heteroatoms. The zero-order valence-electron chi connectivity index (χ0n) is 18.1. The summed E-state index contributed by atoms with van der Waals surface area (Å²) in [6.45, 7) is 8.03. The van der Waals surface area contributed by atoms with E-state index in [-0.39, 0.29) is 5.92 Å². The molecule has 0 radical (unpaired) electrons. The van der Waals surface area contributed by atoms with Crippen LogP contribution in [0.2, 0.25) is 5.02 Å². The van der Waals surface area contributed by atoms with Gasteiger partial charge in [0.15, 0.2) is 5.13 Å². The molecule has 3 rings (SSSR count). The average molecular weight is 480 g/mol. The summed E-state index contributed by atoms with van der Waals surface area (Å²) < 4.78 is 5.35. The van der Waals surface area contributed by atoms with Gasteiger partial charge in [0, 0.05) is 23.7 Å². The van der Waals surface area contributed by atoms with Crippen LogP contribution >= 0.6 is 22.9 Å². The number of aryl methyl sites for hydroxylation is 1. The van der Waals surface area contributed by atoms with Gasteiger partial charge in [-0.05, 0) is 37.1 Å². The number of morpholine rings is 1. The predicted octanol–water partition coefficient (Wildman–Crippen LogP) is 2.16. The Morgan fingerprint density at radius 1 is 1.09 bits per heavy atom. The van der Waals surface area contributed by atoms with Crippen LogP contribution in [0.4, 0.5) is 5.13 Å². The number of hydrogen-bond donors (Lipinski definition) is 3. The van der Waals surface area contributed by atoms with E-state index in [1.54, 1.807) is 45.0 Å². The largest absolute Gasteiger partial charge is 0.378 e. The van der Waals surface area contributed by atoms with Crippen molar-refractivity contribution in [3.8, 4) is 0 Å². The maximum atomic E-state index is 12.7. The lowest BCUT2D eigenvalue weighted by atomic mass is 10.0. The number of halogens is 1. The molecule has 172 valence electrons. The molecular formula is C21H26ClN5O4S. The topological polar surface area (TPSA) is 113 Å². The third kappa shape index (κ3) is 5.96. The predicted molar refractivity (Wildman–Crippen MR) is 123 cm³/mol. The van der Waals surface area contributed by atoms with Gasteiger partial charge in [0.05, 0.1) is 18.9 Å². The summed E-state index contributed by atoms with van der Waals surface area (Å²) in [4.78, 5) is 44.8. The van der Waals surface area contributed by atoms with Crippen LogP contribution < -0.4 is 21.1 Å². The molecule has 0 bridgehead atoms. The fraction of sp³-hybridized carbons (Fsp3) is 0.429. The van der Waals surface area contributed by atoms with E-state index in [2.05, 4.69) is 26.1 Å². The summed E-state index contributed by atoms with van der Waals surface area (Å²) in [5, 5.41) is 3.96.